The van der Waals surface area contributed by atoms with Gasteiger partial charge in [-0.25, -0.2) is 4.98 Å². The molecule has 1 aliphatic heterocycles. The van der Waals surface area contributed by atoms with Crippen molar-refractivity contribution < 1.29 is 9.84 Å². The second-order valence-electron chi connectivity index (χ2n) is 7.92. The average Bonchev–Trinajstić information content (AvgIpc) is 3.23. The monoisotopic (exact) mass is 427 g/mol. The fourth-order valence-corrected chi connectivity index (χ4v) is 3.95. The molecule has 0 aliphatic carbocycles. The van der Waals surface area contributed by atoms with Gasteiger partial charge in [-0.15, -0.1) is 0 Å². The Morgan fingerprint density at radius 1 is 1.06 bits per heavy atom. The molecule has 0 fully saturated rings. The van der Waals surface area contributed by atoms with Gasteiger partial charge in [0.1, 0.15) is 24.4 Å². The van der Waals surface area contributed by atoms with Crippen LogP contribution in [0.5, 0.6) is 5.88 Å². The SMILES string of the molecule is CN1Cc2ccc(Nc3ccc(-n4ccnc4CO)cc3)nc2OC(c2ccccc2)C1. The molecule has 2 aromatic carbocycles. The fourth-order valence-electron chi connectivity index (χ4n) is 3.95. The second kappa shape index (κ2) is 8.82. The Morgan fingerprint density at radius 3 is 2.66 bits per heavy atom. The molecule has 7 nitrogen and oxygen atoms in total. The van der Waals surface area contributed by atoms with Gasteiger partial charge < -0.3 is 19.7 Å². The van der Waals surface area contributed by atoms with Crippen LogP contribution in [0.2, 0.25) is 0 Å². The summed E-state index contributed by atoms with van der Waals surface area (Å²) in [5.41, 5.74) is 4.06. The zero-order valence-electron chi connectivity index (χ0n) is 17.8. The highest BCUT2D eigenvalue weighted by Crippen LogP contribution is 2.31. The molecule has 2 aromatic heterocycles. The molecular weight excluding hydrogens is 402 g/mol. The highest BCUT2D eigenvalue weighted by atomic mass is 16.5. The van der Waals surface area contributed by atoms with Crippen LogP contribution >= 0.6 is 0 Å². The summed E-state index contributed by atoms with van der Waals surface area (Å²) in [6.45, 7) is 1.48. The Balaban J connectivity index is 1.36. The first-order valence-corrected chi connectivity index (χ1v) is 10.6. The minimum absolute atomic E-state index is 0.0691. The van der Waals surface area contributed by atoms with Crippen molar-refractivity contribution in [3.8, 4) is 11.6 Å². The van der Waals surface area contributed by atoms with E-state index >= 15 is 0 Å². The summed E-state index contributed by atoms with van der Waals surface area (Å²) < 4.78 is 8.22. The van der Waals surface area contributed by atoms with Gasteiger partial charge in [0.25, 0.3) is 0 Å². The van der Waals surface area contributed by atoms with Crippen LogP contribution in [0.3, 0.4) is 0 Å². The molecule has 1 atom stereocenters. The third-order valence-corrected chi connectivity index (χ3v) is 5.56. The molecule has 3 heterocycles. The molecule has 1 aliphatic rings. The predicted octanol–water partition coefficient (Wildman–Crippen LogP) is 4.07. The van der Waals surface area contributed by atoms with Gasteiger partial charge in [-0.1, -0.05) is 30.3 Å². The summed E-state index contributed by atoms with van der Waals surface area (Å²) in [7, 11) is 2.10. The number of rotatable bonds is 5. The number of aliphatic hydroxyl groups is 1. The topological polar surface area (TPSA) is 75.4 Å². The summed E-state index contributed by atoms with van der Waals surface area (Å²) in [6, 6.07) is 22.2. The van der Waals surface area contributed by atoms with Crippen molar-refractivity contribution >= 4 is 11.5 Å². The van der Waals surface area contributed by atoms with E-state index in [0.29, 0.717) is 11.7 Å². The van der Waals surface area contributed by atoms with Crippen LogP contribution in [0.1, 0.15) is 23.1 Å². The fraction of sp³-hybridized carbons (Fsp3) is 0.200. The Labute approximate surface area is 186 Å². The normalized spacial score (nSPS) is 16.1. The zero-order chi connectivity index (χ0) is 21.9. The van der Waals surface area contributed by atoms with Gasteiger partial charge in [0.05, 0.1) is 0 Å². The van der Waals surface area contributed by atoms with Crippen molar-refractivity contribution in [2.45, 2.75) is 19.3 Å². The number of aromatic nitrogens is 3. The minimum atomic E-state index is -0.106. The van der Waals surface area contributed by atoms with Crippen molar-refractivity contribution in [1.29, 1.82) is 0 Å². The highest BCUT2D eigenvalue weighted by Gasteiger charge is 2.23. The van der Waals surface area contributed by atoms with Crippen molar-refractivity contribution in [3.05, 3.63) is 96.1 Å². The van der Waals surface area contributed by atoms with Crippen LogP contribution < -0.4 is 10.1 Å². The Morgan fingerprint density at radius 2 is 1.88 bits per heavy atom. The number of anilines is 2. The van der Waals surface area contributed by atoms with Gasteiger partial charge in [0, 0.05) is 42.4 Å². The first kappa shape index (κ1) is 20.2. The molecule has 0 radical (unpaired) electrons. The summed E-state index contributed by atoms with van der Waals surface area (Å²) in [6.07, 6.45) is 3.44. The number of nitrogens with zero attached hydrogens (tertiary/aromatic N) is 4. The number of likely N-dealkylation sites (N-methyl/N-ethyl adjacent to an activating group) is 1. The van der Waals surface area contributed by atoms with E-state index in [0.717, 1.165) is 41.4 Å². The lowest BCUT2D eigenvalue weighted by Crippen LogP contribution is -2.24. The van der Waals surface area contributed by atoms with Crippen LogP contribution in [0.25, 0.3) is 5.69 Å². The lowest BCUT2D eigenvalue weighted by atomic mass is 10.1. The van der Waals surface area contributed by atoms with E-state index < -0.39 is 0 Å². The lowest BCUT2D eigenvalue weighted by molar-refractivity contribution is 0.160. The number of aliphatic hydroxyl groups excluding tert-OH is 1. The van der Waals surface area contributed by atoms with E-state index in [9.17, 15) is 5.11 Å². The summed E-state index contributed by atoms with van der Waals surface area (Å²) in [4.78, 5) is 11.2. The van der Waals surface area contributed by atoms with Crippen LogP contribution in [-0.2, 0) is 13.2 Å². The number of imidazole rings is 1. The first-order chi connectivity index (χ1) is 15.7. The molecular formula is C25H25N5O2. The zero-order valence-corrected chi connectivity index (χ0v) is 17.8. The Bertz CT molecular complexity index is 1190. The summed E-state index contributed by atoms with van der Waals surface area (Å²) in [5, 5.41) is 12.8. The smallest absolute Gasteiger partial charge is 0.220 e. The first-order valence-electron chi connectivity index (χ1n) is 10.6. The third kappa shape index (κ3) is 4.21. The van der Waals surface area contributed by atoms with Gasteiger partial charge in [0.15, 0.2) is 0 Å². The number of hydrogen-bond acceptors (Lipinski definition) is 6. The molecule has 0 spiro atoms. The average molecular weight is 428 g/mol. The maximum absolute atomic E-state index is 9.42. The van der Waals surface area contributed by atoms with E-state index in [1.807, 2.05) is 59.3 Å². The second-order valence-corrected chi connectivity index (χ2v) is 7.92. The molecule has 162 valence electrons. The van der Waals surface area contributed by atoms with Gasteiger partial charge in [-0.3, -0.25) is 4.90 Å². The van der Waals surface area contributed by atoms with Crippen molar-refractivity contribution in [1.82, 2.24) is 19.4 Å². The maximum atomic E-state index is 9.42. The van der Waals surface area contributed by atoms with Gasteiger partial charge in [-0.2, -0.15) is 4.98 Å². The molecule has 0 bridgehead atoms. The largest absolute Gasteiger partial charge is 0.468 e. The van der Waals surface area contributed by atoms with E-state index in [-0.39, 0.29) is 12.7 Å². The molecule has 4 aromatic rings. The van der Waals surface area contributed by atoms with Crippen LogP contribution in [0.4, 0.5) is 11.5 Å². The number of nitrogens with one attached hydrogen (secondary N) is 1. The molecule has 32 heavy (non-hydrogen) atoms. The molecule has 5 rings (SSSR count). The van der Waals surface area contributed by atoms with E-state index in [1.165, 1.54) is 0 Å². The molecule has 0 saturated heterocycles. The predicted molar refractivity (Wildman–Crippen MR) is 123 cm³/mol. The van der Waals surface area contributed by atoms with E-state index in [4.69, 9.17) is 9.72 Å². The molecule has 2 N–H and O–H groups in total. The van der Waals surface area contributed by atoms with Crippen LogP contribution in [0.15, 0.2) is 79.1 Å². The number of fused-ring (bicyclic) bond motifs is 1. The van der Waals surface area contributed by atoms with Crippen molar-refractivity contribution in [3.63, 3.8) is 0 Å². The van der Waals surface area contributed by atoms with Crippen molar-refractivity contribution in [2.24, 2.45) is 0 Å². The third-order valence-electron chi connectivity index (χ3n) is 5.56. The van der Waals surface area contributed by atoms with E-state index in [2.05, 4.69) is 40.4 Å². The number of benzene rings is 2. The van der Waals surface area contributed by atoms with Gasteiger partial charge in [0.2, 0.25) is 5.88 Å². The Kier molecular flexibility index (Phi) is 5.58. The molecule has 0 amide bonds. The van der Waals surface area contributed by atoms with Gasteiger partial charge in [-0.05, 0) is 49.0 Å². The number of hydrogen-bond donors (Lipinski definition) is 2. The minimum Gasteiger partial charge on any atom is -0.468 e. The molecule has 1 unspecified atom stereocenters. The maximum Gasteiger partial charge on any atom is 0.220 e. The van der Waals surface area contributed by atoms with Crippen molar-refractivity contribution in [2.75, 3.05) is 18.9 Å². The Hall–Kier alpha value is -3.68. The van der Waals surface area contributed by atoms with Gasteiger partial charge >= 0.3 is 0 Å². The molecule has 7 heteroatoms. The lowest BCUT2D eigenvalue weighted by Gasteiger charge is -2.20. The standard InChI is InChI=1S/C25H25N5O2/c1-29-15-19-7-12-23(28-25(19)32-22(16-29)18-5-3-2-4-6-18)27-20-8-10-21(11-9-20)30-14-13-26-24(30)17-31/h2-14,22,31H,15-17H2,1H3,(H,27,28). The molecule has 0 saturated carbocycles. The van der Waals surface area contributed by atoms with Crippen LogP contribution in [-0.4, -0.2) is 38.1 Å². The summed E-state index contributed by atoms with van der Waals surface area (Å²) in [5.74, 6) is 2.00. The van der Waals surface area contributed by atoms with Crippen LogP contribution in [0, 0.1) is 0 Å². The van der Waals surface area contributed by atoms with E-state index in [1.54, 1.807) is 6.20 Å². The quantitative estimate of drug-likeness (QED) is 0.500. The number of pyridine rings is 1. The number of ether oxygens (including phenoxy) is 1. The summed E-state index contributed by atoms with van der Waals surface area (Å²) >= 11 is 0. The highest BCUT2D eigenvalue weighted by molar-refractivity contribution is 5.59.